The van der Waals surface area contributed by atoms with Gasteiger partial charge in [-0.1, -0.05) is 35.7 Å². The molecule has 2 aliphatic rings. The molecule has 0 aromatic heterocycles. The molecule has 3 nitrogen and oxygen atoms in total. The summed E-state index contributed by atoms with van der Waals surface area (Å²) in [6.07, 6.45) is 3.33. The van der Waals surface area contributed by atoms with Crippen LogP contribution in [0.5, 0.6) is 0 Å². The fourth-order valence-corrected chi connectivity index (χ4v) is 3.49. The van der Waals surface area contributed by atoms with E-state index in [1.54, 1.807) is 0 Å². The average Bonchev–Trinajstić information content (AvgIpc) is 2.37. The largest absolute Gasteiger partial charge is 0.366 e. The number of hydrogen-bond donors (Lipinski definition) is 0. The quantitative estimate of drug-likeness (QED) is 0.835. The summed E-state index contributed by atoms with van der Waals surface area (Å²) in [6.45, 7) is 3.11. The van der Waals surface area contributed by atoms with E-state index in [1.807, 2.05) is 23.1 Å². The fraction of sp³-hybridized carbons (Fsp3) is 0.533. The number of anilines is 1. The monoisotopic (exact) mass is 312 g/mol. The lowest BCUT2D eigenvalue weighted by atomic mass is 9.84. The zero-order chi connectivity index (χ0) is 14.1. The maximum atomic E-state index is 12.2. The van der Waals surface area contributed by atoms with E-state index in [4.69, 9.17) is 23.2 Å². The second-order valence-electron chi connectivity index (χ2n) is 5.51. The summed E-state index contributed by atoms with van der Waals surface area (Å²) in [5.41, 5.74) is 0.895. The number of nitrogens with zero attached hydrogens (tertiary/aromatic N) is 2. The van der Waals surface area contributed by atoms with E-state index in [0.29, 0.717) is 16.0 Å². The predicted molar refractivity (Wildman–Crippen MR) is 82.6 cm³/mol. The van der Waals surface area contributed by atoms with Crippen LogP contribution < -0.4 is 4.90 Å². The molecule has 0 atom stereocenters. The Hall–Kier alpha value is -0.930. The first-order valence-electron chi connectivity index (χ1n) is 7.14. The first kappa shape index (κ1) is 14.0. The van der Waals surface area contributed by atoms with E-state index in [-0.39, 0.29) is 5.92 Å². The van der Waals surface area contributed by atoms with Gasteiger partial charge in [0.25, 0.3) is 0 Å². The van der Waals surface area contributed by atoms with Gasteiger partial charge in [0.1, 0.15) is 0 Å². The summed E-state index contributed by atoms with van der Waals surface area (Å²) in [7, 11) is 0. The minimum atomic E-state index is 0.283. The Morgan fingerprint density at radius 2 is 1.65 bits per heavy atom. The van der Waals surface area contributed by atoms with Gasteiger partial charge < -0.3 is 9.80 Å². The second kappa shape index (κ2) is 5.82. The normalized spacial score (nSPS) is 19.9. The number of hydrogen-bond acceptors (Lipinski definition) is 2. The van der Waals surface area contributed by atoms with Crippen LogP contribution in [0.1, 0.15) is 19.3 Å². The predicted octanol–water partition coefficient (Wildman–Crippen LogP) is 3.44. The average molecular weight is 313 g/mol. The third kappa shape index (κ3) is 2.61. The summed E-state index contributed by atoms with van der Waals surface area (Å²) in [5.74, 6) is 0.617. The molecule has 0 N–H and O–H groups in total. The van der Waals surface area contributed by atoms with Crippen molar-refractivity contribution in [2.24, 2.45) is 5.92 Å². The number of carbonyl (C=O) groups is 1. The molecule has 0 unspecified atom stereocenters. The van der Waals surface area contributed by atoms with Crippen LogP contribution in [0.25, 0.3) is 0 Å². The lowest BCUT2D eigenvalue weighted by molar-refractivity contribution is -0.138. The Balaban J connectivity index is 1.65. The van der Waals surface area contributed by atoms with Crippen molar-refractivity contribution in [3.63, 3.8) is 0 Å². The molecule has 1 aromatic carbocycles. The molecule has 5 heteroatoms. The number of carbonyl (C=O) groups excluding carboxylic acids is 1. The van der Waals surface area contributed by atoms with Crippen molar-refractivity contribution in [3.8, 4) is 0 Å². The van der Waals surface area contributed by atoms with Crippen LogP contribution in [0.2, 0.25) is 10.0 Å². The lowest BCUT2D eigenvalue weighted by Crippen LogP contribution is -2.51. The van der Waals surface area contributed by atoms with Crippen LogP contribution in [0.3, 0.4) is 0 Å². The highest BCUT2D eigenvalue weighted by Gasteiger charge is 2.31. The Morgan fingerprint density at radius 3 is 2.15 bits per heavy atom. The number of piperazine rings is 1. The molecule has 108 valence electrons. The van der Waals surface area contributed by atoms with Gasteiger partial charge in [-0.05, 0) is 25.0 Å². The minimum Gasteiger partial charge on any atom is -0.366 e. The highest BCUT2D eigenvalue weighted by molar-refractivity contribution is 6.39. The second-order valence-corrected chi connectivity index (χ2v) is 6.32. The molecule has 1 saturated heterocycles. The van der Waals surface area contributed by atoms with Crippen LogP contribution in [0.4, 0.5) is 5.69 Å². The number of amides is 1. The highest BCUT2D eigenvalue weighted by Crippen LogP contribution is 2.34. The van der Waals surface area contributed by atoms with E-state index in [9.17, 15) is 4.79 Å². The van der Waals surface area contributed by atoms with Crippen LogP contribution in [-0.4, -0.2) is 37.0 Å². The summed E-state index contributed by atoms with van der Waals surface area (Å²) >= 11 is 12.5. The lowest BCUT2D eigenvalue weighted by Gasteiger charge is -2.39. The zero-order valence-electron chi connectivity index (χ0n) is 11.3. The van der Waals surface area contributed by atoms with Gasteiger partial charge in [-0.25, -0.2) is 0 Å². The molecule has 2 fully saturated rings. The first-order valence-corrected chi connectivity index (χ1v) is 7.90. The number of rotatable bonds is 2. The molecular formula is C15H18Cl2N2O. The molecule has 20 heavy (non-hydrogen) atoms. The molecule has 0 spiro atoms. The minimum absolute atomic E-state index is 0.283. The SMILES string of the molecule is O=C(C1CCC1)N1CCN(c2c(Cl)cccc2Cl)CC1. The summed E-state index contributed by atoms with van der Waals surface area (Å²) in [6, 6.07) is 5.56. The van der Waals surface area contributed by atoms with Crippen molar-refractivity contribution in [3.05, 3.63) is 28.2 Å². The van der Waals surface area contributed by atoms with Crippen molar-refractivity contribution < 1.29 is 4.79 Å². The van der Waals surface area contributed by atoms with Gasteiger partial charge >= 0.3 is 0 Å². The van der Waals surface area contributed by atoms with E-state index < -0.39 is 0 Å². The maximum Gasteiger partial charge on any atom is 0.225 e. The Labute approximate surface area is 129 Å². The van der Waals surface area contributed by atoms with Gasteiger partial charge in [0, 0.05) is 32.1 Å². The summed E-state index contributed by atoms with van der Waals surface area (Å²) in [5, 5.41) is 1.35. The molecule has 1 aliphatic carbocycles. The zero-order valence-corrected chi connectivity index (χ0v) is 12.8. The number of halogens is 2. The van der Waals surface area contributed by atoms with Crippen molar-refractivity contribution >= 4 is 34.8 Å². The van der Waals surface area contributed by atoms with E-state index in [0.717, 1.165) is 44.7 Å². The van der Waals surface area contributed by atoms with Crippen LogP contribution >= 0.6 is 23.2 Å². The van der Waals surface area contributed by atoms with Crippen molar-refractivity contribution in [1.29, 1.82) is 0 Å². The Kier molecular flexibility index (Phi) is 4.08. The van der Waals surface area contributed by atoms with Crippen LogP contribution in [0.15, 0.2) is 18.2 Å². The standard InChI is InChI=1S/C15H18Cl2N2O/c16-12-5-2-6-13(17)14(12)18-7-9-19(10-8-18)15(20)11-3-1-4-11/h2,5-6,11H,1,3-4,7-10H2. The number of benzene rings is 1. The third-order valence-electron chi connectivity index (χ3n) is 4.30. The van der Waals surface area contributed by atoms with Crippen LogP contribution in [-0.2, 0) is 4.79 Å². The Morgan fingerprint density at radius 1 is 1.05 bits per heavy atom. The van der Waals surface area contributed by atoms with Crippen molar-refractivity contribution in [1.82, 2.24) is 4.90 Å². The van der Waals surface area contributed by atoms with E-state index in [2.05, 4.69) is 4.90 Å². The van der Waals surface area contributed by atoms with Gasteiger partial charge in [0.15, 0.2) is 0 Å². The van der Waals surface area contributed by atoms with Crippen LogP contribution in [0, 0.1) is 5.92 Å². The van der Waals surface area contributed by atoms with Gasteiger partial charge in [0.2, 0.25) is 5.91 Å². The molecule has 0 radical (unpaired) electrons. The molecule has 1 amide bonds. The molecule has 1 aliphatic heterocycles. The molecular weight excluding hydrogens is 295 g/mol. The highest BCUT2D eigenvalue weighted by atomic mass is 35.5. The molecule has 1 heterocycles. The van der Waals surface area contributed by atoms with Gasteiger partial charge in [0.05, 0.1) is 15.7 Å². The van der Waals surface area contributed by atoms with Gasteiger partial charge in [-0.2, -0.15) is 0 Å². The fourth-order valence-electron chi connectivity index (χ4n) is 2.85. The maximum absolute atomic E-state index is 12.2. The topological polar surface area (TPSA) is 23.6 Å². The smallest absolute Gasteiger partial charge is 0.225 e. The van der Waals surface area contributed by atoms with Crippen molar-refractivity contribution in [2.75, 3.05) is 31.1 Å². The third-order valence-corrected chi connectivity index (χ3v) is 4.91. The number of para-hydroxylation sites is 1. The van der Waals surface area contributed by atoms with Gasteiger partial charge in [-0.3, -0.25) is 4.79 Å². The van der Waals surface area contributed by atoms with E-state index >= 15 is 0 Å². The van der Waals surface area contributed by atoms with Gasteiger partial charge in [-0.15, -0.1) is 0 Å². The molecule has 0 bridgehead atoms. The Bertz CT molecular complexity index is 488. The van der Waals surface area contributed by atoms with Crippen molar-refractivity contribution in [2.45, 2.75) is 19.3 Å². The summed E-state index contributed by atoms with van der Waals surface area (Å²) in [4.78, 5) is 16.4. The molecule has 1 saturated carbocycles. The molecule has 3 rings (SSSR count). The van der Waals surface area contributed by atoms with E-state index in [1.165, 1.54) is 6.42 Å². The first-order chi connectivity index (χ1) is 9.66. The molecule has 1 aromatic rings. The summed E-state index contributed by atoms with van der Waals surface area (Å²) < 4.78 is 0.